The van der Waals surface area contributed by atoms with Gasteiger partial charge >= 0.3 is 0 Å². The Bertz CT molecular complexity index is 561. The van der Waals surface area contributed by atoms with Crippen LogP contribution in [0.3, 0.4) is 0 Å². The van der Waals surface area contributed by atoms with Crippen LogP contribution < -0.4 is 10.1 Å². The van der Waals surface area contributed by atoms with Crippen molar-refractivity contribution in [2.45, 2.75) is 40.0 Å². The highest BCUT2D eigenvalue weighted by atomic mass is 16.5. The second-order valence-corrected chi connectivity index (χ2v) is 5.33. The molecule has 0 aliphatic carbocycles. The molecule has 2 aromatic rings. The standard InChI is InChI=1S/C16H23N3O/c1-12(2)20-16-7-5-6-14(8-16)9-17-10-15-11-19(4)18-13(15)3/h5-8,11-12,17H,9-10H2,1-4H3. The molecule has 1 N–H and O–H groups in total. The van der Waals surface area contributed by atoms with Crippen LogP contribution in [0, 0.1) is 6.92 Å². The number of benzene rings is 1. The third kappa shape index (κ3) is 4.10. The maximum Gasteiger partial charge on any atom is 0.120 e. The molecule has 0 atom stereocenters. The predicted octanol–water partition coefficient (Wildman–Crippen LogP) is 2.81. The highest BCUT2D eigenvalue weighted by Gasteiger charge is 2.03. The molecule has 0 radical (unpaired) electrons. The summed E-state index contributed by atoms with van der Waals surface area (Å²) in [6.07, 6.45) is 2.26. The van der Waals surface area contributed by atoms with Gasteiger partial charge < -0.3 is 10.1 Å². The molecule has 108 valence electrons. The lowest BCUT2D eigenvalue weighted by Crippen LogP contribution is -2.13. The van der Waals surface area contributed by atoms with Crippen molar-refractivity contribution in [3.63, 3.8) is 0 Å². The lowest BCUT2D eigenvalue weighted by molar-refractivity contribution is 0.242. The van der Waals surface area contributed by atoms with Gasteiger partial charge in [0, 0.05) is 31.9 Å². The summed E-state index contributed by atoms with van der Waals surface area (Å²) in [5.74, 6) is 0.928. The van der Waals surface area contributed by atoms with Crippen molar-refractivity contribution in [1.82, 2.24) is 15.1 Å². The molecule has 0 fully saturated rings. The van der Waals surface area contributed by atoms with Crippen LogP contribution in [0.1, 0.15) is 30.7 Å². The van der Waals surface area contributed by atoms with Crippen LogP contribution in [0.2, 0.25) is 0 Å². The maximum atomic E-state index is 5.70. The number of ether oxygens (including phenoxy) is 1. The fourth-order valence-corrected chi connectivity index (χ4v) is 2.16. The topological polar surface area (TPSA) is 39.1 Å². The van der Waals surface area contributed by atoms with Crippen LogP contribution in [0.25, 0.3) is 0 Å². The molecule has 4 nitrogen and oxygen atoms in total. The van der Waals surface area contributed by atoms with E-state index in [0.717, 1.165) is 24.5 Å². The summed E-state index contributed by atoms with van der Waals surface area (Å²) in [6, 6.07) is 8.22. The number of rotatable bonds is 6. The molecule has 4 heteroatoms. The number of nitrogens with one attached hydrogen (secondary N) is 1. The zero-order chi connectivity index (χ0) is 14.5. The highest BCUT2D eigenvalue weighted by molar-refractivity contribution is 5.28. The number of aryl methyl sites for hydroxylation is 2. The number of aromatic nitrogens is 2. The third-order valence-electron chi connectivity index (χ3n) is 3.03. The van der Waals surface area contributed by atoms with E-state index >= 15 is 0 Å². The normalized spacial score (nSPS) is 11.1. The molecule has 20 heavy (non-hydrogen) atoms. The van der Waals surface area contributed by atoms with E-state index in [-0.39, 0.29) is 6.10 Å². The first-order valence-corrected chi connectivity index (χ1v) is 7.00. The van der Waals surface area contributed by atoms with Crippen LogP contribution >= 0.6 is 0 Å². The van der Waals surface area contributed by atoms with Gasteiger partial charge in [0.2, 0.25) is 0 Å². The summed E-state index contributed by atoms with van der Waals surface area (Å²) >= 11 is 0. The summed E-state index contributed by atoms with van der Waals surface area (Å²) < 4.78 is 7.55. The van der Waals surface area contributed by atoms with Crippen molar-refractivity contribution in [2.24, 2.45) is 7.05 Å². The van der Waals surface area contributed by atoms with Gasteiger partial charge in [0.15, 0.2) is 0 Å². The molecular weight excluding hydrogens is 250 g/mol. The number of nitrogens with zero attached hydrogens (tertiary/aromatic N) is 2. The van der Waals surface area contributed by atoms with Gasteiger partial charge in [0.25, 0.3) is 0 Å². The Morgan fingerprint density at radius 1 is 1.30 bits per heavy atom. The van der Waals surface area contributed by atoms with E-state index in [1.807, 2.05) is 44.6 Å². The fraction of sp³-hybridized carbons (Fsp3) is 0.438. The molecule has 0 unspecified atom stereocenters. The first-order valence-electron chi connectivity index (χ1n) is 7.00. The molecule has 1 heterocycles. The third-order valence-corrected chi connectivity index (χ3v) is 3.03. The SMILES string of the molecule is Cc1nn(C)cc1CNCc1cccc(OC(C)C)c1. The molecule has 0 amide bonds. The van der Waals surface area contributed by atoms with E-state index < -0.39 is 0 Å². The largest absolute Gasteiger partial charge is 0.491 e. The molecule has 0 spiro atoms. The average Bonchev–Trinajstić information content (AvgIpc) is 2.67. The highest BCUT2D eigenvalue weighted by Crippen LogP contribution is 2.15. The van der Waals surface area contributed by atoms with Crippen molar-refractivity contribution < 1.29 is 4.74 Å². The Hall–Kier alpha value is -1.81. The molecule has 0 bridgehead atoms. The lowest BCUT2D eigenvalue weighted by atomic mass is 10.2. The van der Waals surface area contributed by atoms with Gasteiger partial charge in [-0.05, 0) is 38.5 Å². The van der Waals surface area contributed by atoms with Gasteiger partial charge in [-0.1, -0.05) is 12.1 Å². The molecule has 0 aliphatic rings. The van der Waals surface area contributed by atoms with Gasteiger partial charge in [0.1, 0.15) is 5.75 Å². The van der Waals surface area contributed by atoms with E-state index in [2.05, 4.69) is 28.7 Å². The van der Waals surface area contributed by atoms with Gasteiger partial charge in [-0.15, -0.1) is 0 Å². The van der Waals surface area contributed by atoms with Crippen LogP contribution in [0.4, 0.5) is 0 Å². The second-order valence-electron chi connectivity index (χ2n) is 5.33. The van der Waals surface area contributed by atoms with Crippen molar-refractivity contribution in [3.05, 3.63) is 47.3 Å². The van der Waals surface area contributed by atoms with Crippen LogP contribution in [0.15, 0.2) is 30.5 Å². The van der Waals surface area contributed by atoms with E-state index in [4.69, 9.17) is 4.74 Å². The van der Waals surface area contributed by atoms with Crippen LogP contribution in [-0.2, 0) is 20.1 Å². The Morgan fingerprint density at radius 3 is 2.75 bits per heavy atom. The van der Waals surface area contributed by atoms with E-state index in [1.54, 1.807) is 0 Å². The maximum absolute atomic E-state index is 5.70. The summed E-state index contributed by atoms with van der Waals surface area (Å²) in [5, 5.41) is 7.78. The van der Waals surface area contributed by atoms with E-state index in [9.17, 15) is 0 Å². The number of hydrogen-bond acceptors (Lipinski definition) is 3. The van der Waals surface area contributed by atoms with Gasteiger partial charge in [0.05, 0.1) is 11.8 Å². The van der Waals surface area contributed by atoms with Crippen molar-refractivity contribution >= 4 is 0 Å². The molecule has 2 rings (SSSR count). The summed E-state index contributed by atoms with van der Waals surface area (Å²) in [5.41, 5.74) is 3.55. The van der Waals surface area contributed by atoms with Crippen molar-refractivity contribution in [1.29, 1.82) is 0 Å². The molecular formula is C16H23N3O. The van der Waals surface area contributed by atoms with E-state index in [0.29, 0.717) is 0 Å². The Morgan fingerprint density at radius 2 is 2.10 bits per heavy atom. The Balaban J connectivity index is 1.89. The zero-order valence-electron chi connectivity index (χ0n) is 12.7. The summed E-state index contributed by atoms with van der Waals surface area (Å²) in [4.78, 5) is 0. The van der Waals surface area contributed by atoms with Crippen molar-refractivity contribution in [2.75, 3.05) is 0 Å². The predicted molar refractivity (Wildman–Crippen MR) is 80.7 cm³/mol. The monoisotopic (exact) mass is 273 g/mol. The second kappa shape index (κ2) is 6.57. The Kier molecular flexibility index (Phi) is 4.79. The first kappa shape index (κ1) is 14.6. The minimum Gasteiger partial charge on any atom is -0.491 e. The quantitative estimate of drug-likeness (QED) is 0.879. The molecule has 0 saturated carbocycles. The van der Waals surface area contributed by atoms with Crippen molar-refractivity contribution in [3.8, 4) is 5.75 Å². The number of hydrogen-bond donors (Lipinski definition) is 1. The smallest absolute Gasteiger partial charge is 0.120 e. The van der Waals surface area contributed by atoms with E-state index in [1.165, 1.54) is 11.1 Å². The Labute approximate surface area is 120 Å². The minimum absolute atomic E-state index is 0.205. The zero-order valence-corrected chi connectivity index (χ0v) is 12.7. The summed E-state index contributed by atoms with van der Waals surface area (Å²) in [7, 11) is 1.95. The van der Waals surface area contributed by atoms with Gasteiger partial charge in [-0.2, -0.15) is 5.10 Å². The minimum atomic E-state index is 0.205. The van der Waals surface area contributed by atoms with Gasteiger partial charge in [-0.25, -0.2) is 0 Å². The average molecular weight is 273 g/mol. The summed E-state index contributed by atoms with van der Waals surface area (Å²) in [6.45, 7) is 7.76. The molecule has 1 aromatic heterocycles. The molecule has 1 aromatic carbocycles. The fourth-order valence-electron chi connectivity index (χ4n) is 2.16. The van der Waals surface area contributed by atoms with Crippen LogP contribution in [0.5, 0.6) is 5.75 Å². The van der Waals surface area contributed by atoms with Gasteiger partial charge in [-0.3, -0.25) is 4.68 Å². The first-order chi connectivity index (χ1) is 9.54. The molecule has 0 aliphatic heterocycles. The molecule has 0 saturated heterocycles. The van der Waals surface area contributed by atoms with Crippen LogP contribution in [-0.4, -0.2) is 15.9 Å². The lowest BCUT2D eigenvalue weighted by Gasteiger charge is -2.11.